The second kappa shape index (κ2) is 11.6. The molecule has 2 aliphatic rings. The molecule has 0 bridgehead atoms. The fraction of sp³-hybridized carbons (Fsp3) is 0.375. The number of nitrogens with zero attached hydrogens (tertiary/aromatic N) is 1. The molecule has 3 aromatic carbocycles. The summed E-state index contributed by atoms with van der Waals surface area (Å²) in [7, 11) is 0.440. The zero-order valence-corrected chi connectivity index (χ0v) is 22.1. The maximum atomic E-state index is 13.0. The quantitative estimate of drug-likeness (QED) is 0.341. The fourth-order valence-electron chi connectivity index (χ4n) is 5.98. The lowest BCUT2D eigenvalue weighted by molar-refractivity contribution is 0.114. The highest BCUT2D eigenvalue weighted by Crippen LogP contribution is 2.37. The SMILES string of the molecule is C=C(c1ccc(S(=O)c2ccc(OC)cc2)cc1)C1CCN(C2CCC(c3ccccc3)CC2)CC1. The highest BCUT2D eigenvalue weighted by Gasteiger charge is 2.30. The van der Waals surface area contributed by atoms with Crippen LogP contribution in [-0.4, -0.2) is 35.3 Å². The minimum absolute atomic E-state index is 0.528. The molecule has 1 unspecified atom stereocenters. The van der Waals surface area contributed by atoms with Crippen LogP contribution in [0.2, 0.25) is 0 Å². The van der Waals surface area contributed by atoms with Crippen LogP contribution in [0.5, 0.6) is 5.75 Å². The summed E-state index contributed by atoms with van der Waals surface area (Å²) in [4.78, 5) is 4.34. The smallest absolute Gasteiger partial charge is 0.118 e. The van der Waals surface area contributed by atoms with E-state index in [1.807, 2.05) is 36.4 Å². The number of methoxy groups -OCH3 is 1. The van der Waals surface area contributed by atoms with Gasteiger partial charge in [-0.15, -0.1) is 0 Å². The Balaban J connectivity index is 1.12. The van der Waals surface area contributed by atoms with E-state index in [-0.39, 0.29) is 0 Å². The van der Waals surface area contributed by atoms with Gasteiger partial charge < -0.3 is 9.64 Å². The fourth-order valence-corrected chi connectivity index (χ4v) is 7.02. The first kappa shape index (κ1) is 25.0. The summed E-state index contributed by atoms with van der Waals surface area (Å²) >= 11 is 0. The summed E-state index contributed by atoms with van der Waals surface area (Å²) in [6.45, 7) is 6.81. The van der Waals surface area contributed by atoms with Crippen LogP contribution in [0.3, 0.4) is 0 Å². The third-order valence-corrected chi connectivity index (χ3v) is 9.62. The van der Waals surface area contributed by atoms with Gasteiger partial charge in [-0.2, -0.15) is 0 Å². The molecule has 4 heteroatoms. The van der Waals surface area contributed by atoms with Gasteiger partial charge in [-0.1, -0.05) is 49.0 Å². The molecule has 1 heterocycles. The van der Waals surface area contributed by atoms with Gasteiger partial charge in [0, 0.05) is 15.8 Å². The number of ether oxygens (including phenoxy) is 1. The van der Waals surface area contributed by atoms with Crippen LogP contribution < -0.4 is 4.74 Å². The number of piperidine rings is 1. The van der Waals surface area contributed by atoms with Gasteiger partial charge in [-0.3, -0.25) is 0 Å². The Hall–Kier alpha value is -2.69. The number of rotatable bonds is 7. The third-order valence-electron chi connectivity index (χ3n) is 8.22. The van der Waals surface area contributed by atoms with E-state index in [1.165, 1.54) is 68.3 Å². The molecule has 0 amide bonds. The van der Waals surface area contributed by atoms with Gasteiger partial charge in [0.15, 0.2) is 0 Å². The van der Waals surface area contributed by atoms with Gasteiger partial charge in [-0.25, -0.2) is 4.21 Å². The normalized spacial score (nSPS) is 22.1. The summed E-state index contributed by atoms with van der Waals surface area (Å²) in [6, 6.07) is 27.4. The molecule has 3 aromatic rings. The van der Waals surface area contributed by atoms with Crippen LogP contribution >= 0.6 is 0 Å². The van der Waals surface area contributed by atoms with E-state index >= 15 is 0 Å². The lowest BCUT2D eigenvalue weighted by Gasteiger charge is -2.41. The Morgan fingerprint density at radius 3 is 1.97 bits per heavy atom. The van der Waals surface area contributed by atoms with Crippen molar-refractivity contribution in [1.82, 2.24) is 4.90 Å². The predicted octanol–water partition coefficient (Wildman–Crippen LogP) is 7.31. The molecule has 2 fully saturated rings. The molecule has 3 nitrogen and oxygen atoms in total. The zero-order chi connectivity index (χ0) is 24.9. The predicted molar refractivity (Wildman–Crippen MR) is 149 cm³/mol. The highest BCUT2D eigenvalue weighted by molar-refractivity contribution is 7.85. The topological polar surface area (TPSA) is 29.5 Å². The molecule has 1 aliphatic heterocycles. The molecule has 0 N–H and O–H groups in total. The first-order valence-electron chi connectivity index (χ1n) is 13.3. The molecule has 0 radical (unpaired) electrons. The van der Waals surface area contributed by atoms with E-state index in [2.05, 4.69) is 53.9 Å². The number of allylic oxidation sites excluding steroid dienone is 1. The lowest BCUT2D eigenvalue weighted by Crippen LogP contribution is -2.43. The Kier molecular flexibility index (Phi) is 8.03. The van der Waals surface area contributed by atoms with Gasteiger partial charge in [0.05, 0.1) is 17.9 Å². The van der Waals surface area contributed by atoms with Crippen molar-refractivity contribution in [2.45, 2.75) is 60.3 Å². The van der Waals surface area contributed by atoms with Crippen LogP contribution in [0.4, 0.5) is 0 Å². The molecule has 0 aromatic heterocycles. The van der Waals surface area contributed by atoms with Crippen molar-refractivity contribution < 1.29 is 8.95 Å². The number of hydrogen-bond donors (Lipinski definition) is 0. The first-order chi connectivity index (χ1) is 17.6. The van der Waals surface area contributed by atoms with Gasteiger partial charge in [0.1, 0.15) is 5.75 Å². The number of hydrogen-bond acceptors (Lipinski definition) is 3. The van der Waals surface area contributed by atoms with Gasteiger partial charge in [0.25, 0.3) is 0 Å². The first-order valence-corrected chi connectivity index (χ1v) is 14.4. The molecule has 36 heavy (non-hydrogen) atoms. The van der Waals surface area contributed by atoms with E-state index in [0.29, 0.717) is 5.92 Å². The standard InChI is InChI=1S/C32H37NO2S/c1-24(25-10-16-31(17-11-25)36(34)32-18-14-30(35-2)15-19-32)26-20-22-33(23-21-26)29-12-8-28(9-13-29)27-6-4-3-5-7-27/h3-7,10-11,14-19,26,28-29H,1,8-9,12-13,20-23H2,2H3. The summed E-state index contributed by atoms with van der Waals surface area (Å²) < 4.78 is 18.2. The Bertz CT molecular complexity index is 1160. The Labute approximate surface area is 218 Å². The monoisotopic (exact) mass is 499 g/mol. The summed E-state index contributed by atoms with van der Waals surface area (Å²) in [6.07, 6.45) is 7.61. The number of likely N-dealkylation sites (tertiary alicyclic amines) is 1. The van der Waals surface area contributed by atoms with Gasteiger partial charge in [0.2, 0.25) is 0 Å². The van der Waals surface area contributed by atoms with Crippen LogP contribution in [-0.2, 0) is 10.8 Å². The van der Waals surface area contributed by atoms with Crippen LogP contribution in [0.15, 0.2) is 95.2 Å². The summed E-state index contributed by atoms with van der Waals surface area (Å²) in [5.41, 5.74) is 3.92. The van der Waals surface area contributed by atoms with E-state index in [9.17, 15) is 4.21 Å². The molecule has 1 atom stereocenters. The van der Waals surface area contributed by atoms with Crippen LogP contribution in [0, 0.1) is 5.92 Å². The summed E-state index contributed by atoms with van der Waals surface area (Å²) in [5.74, 6) is 2.04. The van der Waals surface area contributed by atoms with Crippen LogP contribution in [0.25, 0.3) is 5.57 Å². The molecule has 1 saturated heterocycles. The van der Waals surface area contributed by atoms with E-state index < -0.39 is 10.8 Å². The third kappa shape index (κ3) is 5.66. The molecule has 5 rings (SSSR count). The molecular weight excluding hydrogens is 462 g/mol. The highest BCUT2D eigenvalue weighted by atomic mass is 32.2. The maximum absolute atomic E-state index is 13.0. The molecule has 0 spiro atoms. The lowest BCUT2D eigenvalue weighted by atomic mass is 9.80. The van der Waals surface area contributed by atoms with Crippen molar-refractivity contribution >= 4 is 16.4 Å². The van der Waals surface area contributed by atoms with Crippen molar-refractivity contribution in [3.05, 3.63) is 96.6 Å². The van der Waals surface area contributed by atoms with Crippen molar-refractivity contribution in [1.29, 1.82) is 0 Å². The Morgan fingerprint density at radius 2 is 1.39 bits per heavy atom. The second-order valence-corrected chi connectivity index (χ2v) is 11.7. The second-order valence-electron chi connectivity index (χ2n) is 10.2. The average Bonchev–Trinajstić information content (AvgIpc) is 2.97. The van der Waals surface area contributed by atoms with Crippen molar-refractivity contribution in [3.63, 3.8) is 0 Å². The van der Waals surface area contributed by atoms with E-state index in [0.717, 1.165) is 27.5 Å². The summed E-state index contributed by atoms with van der Waals surface area (Å²) in [5, 5.41) is 0. The number of benzene rings is 3. The van der Waals surface area contributed by atoms with E-state index in [4.69, 9.17) is 4.74 Å². The van der Waals surface area contributed by atoms with E-state index in [1.54, 1.807) is 7.11 Å². The van der Waals surface area contributed by atoms with Gasteiger partial charge in [-0.05, 0) is 117 Å². The minimum Gasteiger partial charge on any atom is -0.497 e. The minimum atomic E-state index is -1.20. The zero-order valence-electron chi connectivity index (χ0n) is 21.3. The maximum Gasteiger partial charge on any atom is 0.118 e. The van der Waals surface area contributed by atoms with Crippen molar-refractivity contribution in [2.24, 2.45) is 5.92 Å². The van der Waals surface area contributed by atoms with Crippen molar-refractivity contribution in [2.75, 3.05) is 20.2 Å². The Morgan fingerprint density at radius 1 is 0.806 bits per heavy atom. The molecule has 1 aliphatic carbocycles. The molecule has 188 valence electrons. The molecule has 1 saturated carbocycles. The van der Waals surface area contributed by atoms with Crippen molar-refractivity contribution in [3.8, 4) is 5.75 Å². The molecular formula is C32H37NO2S. The van der Waals surface area contributed by atoms with Crippen LogP contribution in [0.1, 0.15) is 55.6 Å². The average molecular weight is 500 g/mol. The largest absolute Gasteiger partial charge is 0.497 e. The van der Waals surface area contributed by atoms with Gasteiger partial charge >= 0.3 is 0 Å².